The minimum Gasteiger partial charge on any atom is -0.330 e. The van der Waals surface area contributed by atoms with Gasteiger partial charge in [0.15, 0.2) is 0 Å². The molecule has 2 heteroatoms. The Kier molecular flexibility index (Phi) is 11.8. The van der Waals surface area contributed by atoms with E-state index in [1.807, 2.05) is 0 Å². The van der Waals surface area contributed by atoms with Crippen LogP contribution in [0.5, 0.6) is 0 Å². The molecule has 0 spiro atoms. The van der Waals surface area contributed by atoms with Crippen LogP contribution in [-0.2, 0) is 0 Å². The van der Waals surface area contributed by atoms with Gasteiger partial charge in [-0.2, -0.15) is 0 Å². The minimum atomic E-state index is 0.861. The van der Waals surface area contributed by atoms with E-state index in [2.05, 4.69) is 12.2 Å². The van der Waals surface area contributed by atoms with Crippen LogP contribution in [0.4, 0.5) is 0 Å². The van der Waals surface area contributed by atoms with Crippen LogP contribution in [0.3, 0.4) is 0 Å². The molecule has 0 saturated carbocycles. The number of piperidine rings is 1. The summed E-state index contributed by atoms with van der Waals surface area (Å²) in [5.74, 6) is 0. The quantitative estimate of drug-likeness (QED) is 0.661. The maximum absolute atomic E-state index is 5.27. The van der Waals surface area contributed by atoms with Gasteiger partial charge in [0.25, 0.3) is 0 Å². The lowest BCUT2D eigenvalue weighted by Crippen LogP contribution is -2.21. The van der Waals surface area contributed by atoms with Gasteiger partial charge < -0.3 is 11.1 Å². The summed E-state index contributed by atoms with van der Waals surface area (Å²) in [7, 11) is 0. The summed E-state index contributed by atoms with van der Waals surface area (Å²) in [5, 5.41) is 3.28. The van der Waals surface area contributed by atoms with E-state index in [-0.39, 0.29) is 0 Å². The van der Waals surface area contributed by atoms with Gasteiger partial charge in [-0.15, -0.1) is 0 Å². The van der Waals surface area contributed by atoms with E-state index in [1.165, 1.54) is 58.0 Å². The Morgan fingerprint density at radius 3 is 2.00 bits per heavy atom. The first kappa shape index (κ1) is 12.9. The summed E-state index contributed by atoms with van der Waals surface area (Å²) in [5.41, 5.74) is 5.27. The van der Waals surface area contributed by atoms with Crippen molar-refractivity contribution in [3.8, 4) is 0 Å². The summed E-state index contributed by atoms with van der Waals surface area (Å²) in [6.45, 7) is 5.57. The summed E-state index contributed by atoms with van der Waals surface area (Å²) >= 11 is 0. The maximum atomic E-state index is 5.27. The van der Waals surface area contributed by atoms with E-state index in [9.17, 15) is 0 Å². The SMILES string of the molecule is C1CCNCC1.CCCCCCN. The molecule has 1 fully saturated rings. The van der Waals surface area contributed by atoms with E-state index in [0.717, 1.165) is 6.54 Å². The highest BCUT2D eigenvalue weighted by Crippen LogP contribution is 1.96. The van der Waals surface area contributed by atoms with E-state index in [0.29, 0.717) is 0 Å². The average molecular weight is 186 g/mol. The summed E-state index contributed by atoms with van der Waals surface area (Å²) in [6.07, 6.45) is 9.38. The lowest BCUT2D eigenvalue weighted by molar-refractivity contribution is 0.520. The average Bonchev–Trinajstić information content (AvgIpc) is 2.22. The first-order chi connectivity index (χ1) is 6.41. The second kappa shape index (κ2) is 11.9. The number of nitrogens with two attached hydrogens (primary N) is 1. The summed E-state index contributed by atoms with van der Waals surface area (Å²) in [4.78, 5) is 0. The molecule has 1 heterocycles. The van der Waals surface area contributed by atoms with Crippen LogP contribution in [0, 0.1) is 0 Å². The number of nitrogens with one attached hydrogen (secondary N) is 1. The molecule has 1 aliphatic heterocycles. The molecule has 0 aromatic rings. The second-order valence-corrected chi connectivity index (χ2v) is 3.66. The zero-order chi connectivity index (χ0) is 9.78. The fourth-order valence-corrected chi connectivity index (χ4v) is 1.37. The van der Waals surface area contributed by atoms with Crippen molar-refractivity contribution in [3.05, 3.63) is 0 Å². The number of hydrogen-bond donors (Lipinski definition) is 2. The molecule has 2 nitrogen and oxygen atoms in total. The molecule has 80 valence electrons. The highest BCUT2D eigenvalue weighted by Gasteiger charge is 1.93. The van der Waals surface area contributed by atoms with Gasteiger partial charge in [0.1, 0.15) is 0 Å². The third kappa shape index (κ3) is 11.9. The lowest BCUT2D eigenvalue weighted by Gasteiger charge is -2.08. The van der Waals surface area contributed by atoms with Crippen LogP contribution in [0.2, 0.25) is 0 Å². The molecule has 3 N–H and O–H groups in total. The Balaban J connectivity index is 0.000000223. The molecule has 0 aromatic carbocycles. The van der Waals surface area contributed by atoms with Crippen molar-refractivity contribution in [2.75, 3.05) is 19.6 Å². The van der Waals surface area contributed by atoms with Gasteiger partial charge in [0.05, 0.1) is 0 Å². The molecule has 0 aromatic heterocycles. The standard InChI is InChI=1S/C6H15N.C5H11N/c1-2-3-4-5-6-7;1-2-4-6-5-3-1/h2-7H2,1H3;6H,1-5H2. The zero-order valence-electron chi connectivity index (χ0n) is 9.15. The molecular weight excluding hydrogens is 160 g/mol. The van der Waals surface area contributed by atoms with Gasteiger partial charge in [0.2, 0.25) is 0 Å². The Bertz CT molecular complexity index is 64.6. The Hall–Kier alpha value is -0.0800. The molecule has 0 radical (unpaired) electrons. The molecule has 0 aliphatic carbocycles. The van der Waals surface area contributed by atoms with Crippen molar-refractivity contribution in [1.29, 1.82) is 0 Å². The van der Waals surface area contributed by atoms with Crippen LogP contribution in [0.15, 0.2) is 0 Å². The first-order valence-corrected chi connectivity index (χ1v) is 5.82. The Morgan fingerprint density at radius 1 is 1.00 bits per heavy atom. The maximum Gasteiger partial charge on any atom is -0.00489 e. The second-order valence-electron chi connectivity index (χ2n) is 3.66. The van der Waals surface area contributed by atoms with Crippen molar-refractivity contribution >= 4 is 0 Å². The van der Waals surface area contributed by atoms with Crippen LogP contribution >= 0.6 is 0 Å². The topological polar surface area (TPSA) is 38.0 Å². The first-order valence-electron chi connectivity index (χ1n) is 5.82. The predicted octanol–water partition coefficient (Wildman–Crippen LogP) is 2.29. The predicted molar refractivity (Wildman–Crippen MR) is 59.9 cm³/mol. The number of unbranched alkanes of at least 4 members (excludes halogenated alkanes) is 3. The van der Waals surface area contributed by atoms with E-state index in [1.54, 1.807) is 0 Å². The summed E-state index contributed by atoms with van der Waals surface area (Å²) in [6, 6.07) is 0. The molecule has 1 rings (SSSR count). The van der Waals surface area contributed by atoms with Gasteiger partial charge in [-0.1, -0.05) is 32.6 Å². The molecule has 0 bridgehead atoms. The fourth-order valence-electron chi connectivity index (χ4n) is 1.37. The van der Waals surface area contributed by atoms with Crippen molar-refractivity contribution in [1.82, 2.24) is 5.32 Å². The Morgan fingerprint density at radius 2 is 1.69 bits per heavy atom. The van der Waals surface area contributed by atoms with Crippen molar-refractivity contribution in [2.24, 2.45) is 5.73 Å². The summed E-state index contributed by atoms with van der Waals surface area (Å²) < 4.78 is 0. The van der Waals surface area contributed by atoms with Crippen LogP contribution < -0.4 is 11.1 Å². The molecule has 0 amide bonds. The third-order valence-corrected chi connectivity index (χ3v) is 2.26. The molecule has 0 unspecified atom stereocenters. The van der Waals surface area contributed by atoms with Gasteiger partial charge in [-0.05, 0) is 38.9 Å². The molecule has 1 saturated heterocycles. The zero-order valence-corrected chi connectivity index (χ0v) is 9.15. The monoisotopic (exact) mass is 186 g/mol. The molecule has 0 atom stereocenters. The normalized spacial score (nSPS) is 16.2. The van der Waals surface area contributed by atoms with Crippen LogP contribution in [-0.4, -0.2) is 19.6 Å². The van der Waals surface area contributed by atoms with Crippen LogP contribution in [0.25, 0.3) is 0 Å². The molecular formula is C11H26N2. The molecule has 1 aliphatic rings. The van der Waals surface area contributed by atoms with Crippen molar-refractivity contribution in [2.45, 2.75) is 51.9 Å². The van der Waals surface area contributed by atoms with E-state index >= 15 is 0 Å². The highest BCUT2D eigenvalue weighted by atomic mass is 14.9. The molecule has 13 heavy (non-hydrogen) atoms. The highest BCUT2D eigenvalue weighted by molar-refractivity contribution is 4.55. The fraction of sp³-hybridized carbons (Fsp3) is 1.00. The lowest BCUT2D eigenvalue weighted by atomic mass is 10.2. The van der Waals surface area contributed by atoms with E-state index < -0.39 is 0 Å². The third-order valence-electron chi connectivity index (χ3n) is 2.26. The van der Waals surface area contributed by atoms with Gasteiger partial charge in [0, 0.05) is 0 Å². The number of rotatable bonds is 4. The van der Waals surface area contributed by atoms with Crippen LogP contribution in [0.1, 0.15) is 51.9 Å². The largest absolute Gasteiger partial charge is 0.330 e. The van der Waals surface area contributed by atoms with Crippen molar-refractivity contribution < 1.29 is 0 Å². The number of hydrogen-bond acceptors (Lipinski definition) is 2. The van der Waals surface area contributed by atoms with Gasteiger partial charge >= 0.3 is 0 Å². The van der Waals surface area contributed by atoms with Crippen molar-refractivity contribution in [3.63, 3.8) is 0 Å². The van der Waals surface area contributed by atoms with E-state index in [4.69, 9.17) is 5.73 Å². The minimum absolute atomic E-state index is 0.861. The van der Waals surface area contributed by atoms with Gasteiger partial charge in [-0.25, -0.2) is 0 Å². The Labute approximate surface area is 83.3 Å². The smallest absolute Gasteiger partial charge is 0.00489 e. The van der Waals surface area contributed by atoms with Gasteiger partial charge in [-0.3, -0.25) is 0 Å².